The summed E-state index contributed by atoms with van der Waals surface area (Å²) in [6, 6.07) is 5.63. The van der Waals surface area contributed by atoms with E-state index in [-0.39, 0.29) is 11.2 Å². The zero-order valence-electron chi connectivity index (χ0n) is 9.52. The third-order valence-corrected chi connectivity index (χ3v) is 3.10. The van der Waals surface area contributed by atoms with E-state index in [1.165, 1.54) is 0 Å². The minimum absolute atomic E-state index is 0.0634. The van der Waals surface area contributed by atoms with Gasteiger partial charge in [0.05, 0.1) is 0 Å². The van der Waals surface area contributed by atoms with E-state index in [0.717, 1.165) is 24.0 Å². The quantitative estimate of drug-likeness (QED) is 0.680. The Labute approximate surface area is 86.2 Å². The average molecular weight is 194 g/mol. The standard InChI is InChI=1S/C13H19F/c1-5-10-7-8-11(9-12(10)14)13(3,4)6-2/h7-9H,5-6H2,1-4H3. The Kier molecular flexibility index (Phi) is 3.30. The third-order valence-electron chi connectivity index (χ3n) is 3.10. The topological polar surface area (TPSA) is 0 Å². The van der Waals surface area contributed by atoms with Crippen LogP contribution >= 0.6 is 0 Å². The maximum Gasteiger partial charge on any atom is 0.126 e. The normalized spacial score (nSPS) is 11.8. The van der Waals surface area contributed by atoms with E-state index in [2.05, 4.69) is 20.8 Å². The Morgan fingerprint density at radius 2 is 1.86 bits per heavy atom. The van der Waals surface area contributed by atoms with Crippen LogP contribution in [0.1, 0.15) is 45.2 Å². The third kappa shape index (κ3) is 2.14. The number of hydrogen-bond acceptors (Lipinski definition) is 0. The molecule has 0 amide bonds. The van der Waals surface area contributed by atoms with E-state index < -0.39 is 0 Å². The van der Waals surface area contributed by atoms with Crippen LogP contribution < -0.4 is 0 Å². The molecule has 0 aliphatic rings. The van der Waals surface area contributed by atoms with Crippen molar-refractivity contribution >= 4 is 0 Å². The first-order chi connectivity index (χ1) is 6.51. The molecule has 0 N–H and O–H groups in total. The molecule has 1 aromatic carbocycles. The molecule has 0 nitrogen and oxygen atoms in total. The summed E-state index contributed by atoms with van der Waals surface area (Å²) in [7, 11) is 0. The van der Waals surface area contributed by atoms with Crippen molar-refractivity contribution in [1.29, 1.82) is 0 Å². The fraction of sp³-hybridized carbons (Fsp3) is 0.538. The summed E-state index contributed by atoms with van der Waals surface area (Å²) >= 11 is 0. The lowest BCUT2D eigenvalue weighted by Crippen LogP contribution is -2.15. The van der Waals surface area contributed by atoms with Crippen molar-refractivity contribution in [1.82, 2.24) is 0 Å². The Bertz CT molecular complexity index is 313. The van der Waals surface area contributed by atoms with Gasteiger partial charge < -0.3 is 0 Å². The number of rotatable bonds is 3. The van der Waals surface area contributed by atoms with E-state index in [1.807, 2.05) is 19.1 Å². The summed E-state index contributed by atoms with van der Waals surface area (Å²) in [5, 5.41) is 0. The first-order valence-corrected chi connectivity index (χ1v) is 5.30. The van der Waals surface area contributed by atoms with Crippen LogP contribution in [0.15, 0.2) is 18.2 Å². The molecular weight excluding hydrogens is 175 g/mol. The SMILES string of the molecule is CCc1ccc(C(C)(C)CC)cc1F. The summed E-state index contributed by atoms with van der Waals surface area (Å²) < 4.78 is 13.5. The fourth-order valence-electron chi connectivity index (χ4n) is 1.46. The van der Waals surface area contributed by atoms with Crippen LogP contribution in [0.25, 0.3) is 0 Å². The summed E-state index contributed by atoms with van der Waals surface area (Å²) in [5.41, 5.74) is 1.97. The summed E-state index contributed by atoms with van der Waals surface area (Å²) in [4.78, 5) is 0. The van der Waals surface area contributed by atoms with Gasteiger partial charge in [0.25, 0.3) is 0 Å². The van der Waals surface area contributed by atoms with Gasteiger partial charge in [-0.3, -0.25) is 0 Å². The molecule has 0 atom stereocenters. The molecule has 0 unspecified atom stereocenters. The lowest BCUT2D eigenvalue weighted by molar-refractivity contribution is 0.499. The van der Waals surface area contributed by atoms with Crippen LogP contribution in [0.3, 0.4) is 0 Å². The zero-order chi connectivity index (χ0) is 10.8. The fourth-order valence-corrected chi connectivity index (χ4v) is 1.46. The Hall–Kier alpha value is -0.850. The van der Waals surface area contributed by atoms with E-state index >= 15 is 0 Å². The van der Waals surface area contributed by atoms with Gasteiger partial charge in [0.15, 0.2) is 0 Å². The molecule has 1 rings (SSSR count). The molecule has 0 saturated heterocycles. The average Bonchev–Trinajstić information content (AvgIpc) is 2.17. The van der Waals surface area contributed by atoms with Crippen LogP contribution in [-0.2, 0) is 11.8 Å². The van der Waals surface area contributed by atoms with Crippen molar-refractivity contribution < 1.29 is 4.39 Å². The second kappa shape index (κ2) is 4.12. The molecule has 0 fully saturated rings. The van der Waals surface area contributed by atoms with E-state index in [4.69, 9.17) is 0 Å². The summed E-state index contributed by atoms with van der Waals surface area (Å²) in [5.74, 6) is -0.0634. The highest BCUT2D eigenvalue weighted by Gasteiger charge is 2.18. The van der Waals surface area contributed by atoms with Crippen molar-refractivity contribution in [3.05, 3.63) is 35.1 Å². The molecule has 0 aliphatic heterocycles. The molecule has 0 aromatic heterocycles. The van der Waals surface area contributed by atoms with Crippen LogP contribution in [0.2, 0.25) is 0 Å². The molecule has 0 saturated carbocycles. The second-order valence-corrected chi connectivity index (χ2v) is 4.40. The van der Waals surface area contributed by atoms with Crippen molar-refractivity contribution in [2.75, 3.05) is 0 Å². The van der Waals surface area contributed by atoms with Gasteiger partial charge in [0.1, 0.15) is 5.82 Å². The van der Waals surface area contributed by atoms with E-state index in [9.17, 15) is 4.39 Å². The number of hydrogen-bond donors (Lipinski definition) is 0. The molecule has 0 bridgehead atoms. The monoisotopic (exact) mass is 194 g/mol. The smallest absolute Gasteiger partial charge is 0.126 e. The first-order valence-electron chi connectivity index (χ1n) is 5.30. The zero-order valence-corrected chi connectivity index (χ0v) is 9.52. The van der Waals surface area contributed by atoms with Crippen LogP contribution in [0.4, 0.5) is 4.39 Å². The van der Waals surface area contributed by atoms with Crippen molar-refractivity contribution in [2.45, 2.75) is 46.0 Å². The van der Waals surface area contributed by atoms with Crippen molar-refractivity contribution in [3.8, 4) is 0 Å². The van der Waals surface area contributed by atoms with Crippen molar-refractivity contribution in [2.24, 2.45) is 0 Å². The lowest BCUT2D eigenvalue weighted by Gasteiger charge is -2.23. The predicted molar refractivity (Wildman–Crippen MR) is 59.1 cm³/mol. The molecular formula is C13H19F. The van der Waals surface area contributed by atoms with Gasteiger partial charge in [-0.05, 0) is 35.4 Å². The van der Waals surface area contributed by atoms with Gasteiger partial charge in [-0.2, -0.15) is 0 Å². The van der Waals surface area contributed by atoms with Gasteiger partial charge in [0, 0.05) is 0 Å². The summed E-state index contributed by atoms with van der Waals surface area (Å²) in [6.45, 7) is 8.40. The Morgan fingerprint density at radius 1 is 1.21 bits per heavy atom. The minimum atomic E-state index is -0.0634. The van der Waals surface area contributed by atoms with E-state index in [0.29, 0.717) is 0 Å². The maximum absolute atomic E-state index is 13.5. The number of benzene rings is 1. The number of aryl methyl sites for hydroxylation is 1. The highest BCUT2D eigenvalue weighted by molar-refractivity contribution is 5.29. The number of halogens is 1. The molecule has 14 heavy (non-hydrogen) atoms. The van der Waals surface area contributed by atoms with Crippen molar-refractivity contribution in [3.63, 3.8) is 0 Å². The van der Waals surface area contributed by atoms with Crippen LogP contribution in [0.5, 0.6) is 0 Å². The Morgan fingerprint density at radius 3 is 2.29 bits per heavy atom. The highest BCUT2D eigenvalue weighted by atomic mass is 19.1. The van der Waals surface area contributed by atoms with Crippen LogP contribution in [0, 0.1) is 5.82 Å². The molecule has 0 spiro atoms. The molecule has 0 heterocycles. The minimum Gasteiger partial charge on any atom is -0.207 e. The molecule has 0 radical (unpaired) electrons. The van der Waals surface area contributed by atoms with Gasteiger partial charge in [0.2, 0.25) is 0 Å². The molecule has 1 aromatic rings. The van der Waals surface area contributed by atoms with E-state index in [1.54, 1.807) is 6.07 Å². The highest BCUT2D eigenvalue weighted by Crippen LogP contribution is 2.27. The first kappa shape index (κ1) is 11.2. The van der Waals surface area contributed by atoms with Gasteiger partial charge in [-0.1, -0.05) is 39.8 Å². The van der Waals surface area contributed by atoms with Gasteiger partial charge in [-0.15, -0.1) is 0 Å². The second-order valence-electron chi connectivity index (χ2n) is 4.40. The lowest BCUT2D eigenvalue weighted by atomic mass is 9.82. The maximum atomic E-state index is 13.5. The molecule has 0 aliphatic carbocycles. The molecule has 1 heteroatoms. The largest absolute Gasteiger partial charge is 0.207 e. The predicted octanol–water partition coefficient (Wildman–Crippen LogP) is 4.08. The summed E-state index contributed by atoms with van der Waals surface area (Å²) in [6.07, 6.45) is 1.79. The van der Waals surface area contributed by atoms with Crippen LogP contribution in [-0.4, -0.2) is 0 Å². The van der Waals surface area contributed by atoms with Gasteiger partial charge in [-0.25, -0.2) is 4.39 Å². The Balaban J connectivity index is 3.08. The van der Waals surface area contributed by atoms with Gasteiger partial charge >= 0.3 is 0 Å². The molecule has 78 valence electrons.